The highest BCUT2D eigenvalue weighted by molar-refractivity contribution is 9.11. The highest BCUT2D eigenvalue weighted by Gasteiger charge is 2.07. The summed E-state index contributed by atoms with van der Waals surface area (Å²) in [6.45, 7) is 0. The van der Waals surface area contributed by atoms with Crippen LogP contribution in [0, 0.1) is 0 Å². The van der Waals surface area contributed by atoms with Crippen LogP contribution in [0.2, 0.25) is 0 Å². The molecule has 0 unspecified atom stereocenters. The summed E-state index contributed by atoms with van der Waals surface area (Å²) in [6, 6.07) is 12.2. The van der Waals surface area contributed by atoms with Crippen LogP contribution in [0.4, 0.5) is 0 Å². The van der Waals surface area contributed by atoms with Crippen molar-refractivity contribution in [2.45, 2.75) is 0 Å². The van der Waals surface area contributed by atoms with Gasteiger partial charge in [-0.25, -0.2) is 0 Å². The Morgan fingerprint density at radius 2 is 1.63 bits per heavy atom. The summed E-state index contributed by atoms with van der Waals surface area (Å²) in [5.74, 6) is -0.246. The lowest BCUT2D eigenvalue weighted by molar-refractivity contribution is 0.104. The Hall–Kier alpha value is -1.39. The molecule has 96 valence electrons. The number of ketones is 1. The van der Waals surface area contributed by atoms with Gasteiger partial charge < -0.3 is 5.11 Å². The molecule has 0 aliphatic carbocycles. The molecule has 2 nitrogen and oxygen atoms in total. The zero-order valence-corrected chi connectivity index (χ0v) is 13.0. The van der Waals surface area contributed by atoms with Gasteiger partial charge in [0.15, 0.2) is 5.78 Å². The lowest BCUT2D eigenvalue weighted by atomic mass is 10.1. The van der Waals surface area contributed by atoms with Crippen molar-refractivity contribution in [2.75, 3.05) is 0 Å². The Morgan fingerprint density at radius 1 is 1.00 bits per heavy atom. The van der Waals surface area contributed by atoms with E-state index >= 15 is 0 Å². The fraction of sp³-hybridized carbons (Fsp3) is 0. The van der Waals surface area contributed by atoms with Gasteiger partial charge in [-0.3, -0.25) is 4.79 Å². The maximum Gasteiger partial charge on any atom is 0.189 e. The Labute approximate surface area is 128 Å². The average molecular weight is 382 g/mol. The van der Waals surface area contributed by atoms with Crippen molar-refractivity contribution in [1.82, 2.24) is 0 Å². The number of carbonyl (C=O) groups excluding carboxylic acids is 1. The molecule has 0 aliphatic heterocycles. The predicted octanol–water partition coefficient (Wildman–Crippen LogP) is 4.81. The third-order valence-electron chi connectivity index (χ3n) is 2.57. The number of rotatable bonds is 3. The van der Waals surface area contributed by atoms with Crippen molar-refractivity contribution in [1.29, 1.82) is 0 Å². The number of benzene rings is 2. The van der Waals surface area contributed by atoms with Gasteiger partial charge in [-0.15, -0.1) is 0 Å². The molecule has 2 aromatic carbocycles. The molecule has 0 spiro atoms. The van der Waals surface area contributed by atoms with E-state index < -0.39 is 0 Å². The van der Waals surface area contributed by atoms with E-state index in [0.717, 1.165) is 14.5 Å². The molecule has 0 saturated carbocycles. The van der Waals surface area contributed by atoms with Crippen LogP contribution in [0.25, 0.3) is 6.08 Å². The fourth-order valence-electron chi connectivity index (χ4n) is 1.60. The van der Waals surface area contributed by atoms with Crippen LogP contribution in [-0.4, -0.2) is 10.9 Å². The second-order valence-corrected chi connectivity index (χ2v) is 5.56. The molecule has 1 N–H and O–H groups in total. The highest BCUT2D eigenvalue weighted by Crippen LogP contribution is 2.26. The minimum absolute atomic E-state index is 0.0108. The molecule has 0 amide bonds. The van der Waals surface area contributed by atoms with E-state index in [4.69, 9.17) is 0 Å². The van der Waals surface area contributed by atoms with E-state index in [1.54, 1.807) is 24.3 Å². The van der Waals surface area contributed by atoms with Gasteiger partial charge in [0.1, 0.15) is 5.75 Å². The first kappa shape index (κ1) is 14.0. The largest absolute Gasteiger partial charge is 0.507 e. The van der Waals surface area contributed by atoms with Crippen molar-refractivity contribution < 1.29 is 9.90 Å². The fourth-order valence-corrected chi connectivity index (χ4v) is 2.86. The molecule has 0 heterocycles. The smallest absolute Gasteiger partial charge is 0.189 e. The van der Waals surface area contributed by atoms with Gasteiger partial charge in [-0.1, -0.05) is 50.1 Å². The summed E-state index contributed by atoms with van der Waals surface area (Å²) in [5, 5.41) is 9.61. The van der Waals surface area contributed by atoms with E-state index in [9.17, 15) is 9.90 Å². The second kappa shape index (κ2) is 6.17. The molecule has 2 rings (SSSR count). The number of halogens is 2. The molecule has 0 fully saturated rings. The summed E-state index contributed by atoms with van der Waals surface area (Å²) in [6.07, 6.45) is 3.16. The monoisotopic (exact) mass is 380 g/mol. The number of carbonyl (C=O) groups is 1. The molecule has 4 heteroatoms. The van der Waals surface area contributed by atoms with Crippen LogP contribution in [0.1, 0.15) is 15.9 Å². The zero-order chi connectivity index (χ0) is 13.8. The summed E-state index contributed by atoms with van der Waals surface area (Å²) in [4.78, 5) is 12.0. The summed E-state index contributed by atoms with van der Waals surface area (Å²) < 4.78 is 1.78. The van der Waals surface area contributed by atoms with Crippen LogP contribution < -0.4 is 0 Å². The zero-order valence-electron chi connectivity index (χ0n) is 9.81. The molecule has 0 aromatic heterocycles. The minimum atomic E-state index is -0.235. The van der Waals surface area contributed by atoms with Gasteiger partial charge in [-0.2, -0.15) is 0 Å². The van der Waals surface area contributed by atoms with Crippen LogP contribution in [-0.2, 0) is 0 Å². The number of para-hydroxylation sites is 1. The first-order valence-electron chi connectivity index (χ1n) is 5.54. The van der Waals surface area contributed by atoms with Crippen LogP contribution in [0.15, 0.2) is 57.5 Å². The second-order valence-electron chi connectivity index (χ2n) is 3.85. The lowest BCUT2D eigenvalue weighted by Gasteiger charge is -2.02. The third-order valence-corrected chi connectivity index (χ3v) is 3.95. The predicted molar refractivity (Wildman–Crippen MR) is 83.3 cm³/mol. The van der Waals surface area contributed by atoms with Gasteiger partial charge in [0.05, 0.1) is 5.56 Å². The SMILES string of the molecule is O=C(/C=C/c1c(Br)cccc1Br)c1ccccc1O. The van der Waals surface area contributed by atoms with Gasteiger partial charge >= 0.3 is 0 Å². The molecule has 0 saturated heterocycles. The highest BCUT2D eigenvalue weighted by atomic mass is 79.9. The van der Waals surface area contributed by atoms with Gasteiger partial charge in [0, 0.05) is 14.5 Å². The van der Waals surface area contributed by atoms with E-state index in [2.05, 4.69) is 31.9 Å². The van der Waals surface area contributed by atoms with Crippen molar-refractivity contribution in [3.63, 3.8) is 0 Å². The maximum absolute atomic E-state index is 12.0. The van der Waals surface area contributed by atoms with Crippen molar-refractivity contribution >= 4 is 43.7 Å². The number of allylic oxidation sites excluding steroid dienone is 1. The Bertz CT molecular complexity index is 628. The topological polar surface area (TPSA) is 37.3 Å². The van der Waals surface area contributed by atoms with Crippen LogP contribution in [0.5, 0.6) is 5.75 Å². The first-order chi connectivity index (χ1) is 9.09. The normalized spacial score (nSPS) is 10.8. The molecule has 2 aromatic rings. The van der Waals surface area contributed by atoms with E-state index in [1.165, 1.54) is 12.1 Å². The van der Waals surface area contributed by atoms with Gasteiger partial charge in [0.25, 0.3) is 0 Å². The molecule has 0 radical (unpaired) electrons. The lowest BCUT2D eigenvalue weighted by Crippen LogP contribution is -1.94. The van der Waals surface area contributed by atoms with E-state index in [0.29, 0.717) is 5.56 Å². The Morgan fingerprint density at radius 3 is 2.26 bits per heavy atom. The summed E-state index contributed by atoms with van der Waals surface area (Å²) >= 11 is 6.85. The third kappa shape index (κ3) is 3.33. The standard InChI is InChI=1S/C15H10Br2O2/c16-12-5-3-6-13(17)10(12)8-9-15(19)11-4-1-2-7-14(11)18/h1-9,18H/b9-8+. The summed E-state index contributed by atoms with van der Waals surface area (Å²) in [5.41, 5.74) is 1.17. The Kier molecular flexibility index (Phi) is 4.56. The molecule has 0 atom stereocenters. The van der Waals surface area contributed by atoms with Crippen molar-refractivity contribution in [3.05, 3.63) is 68.6 Å². The molecular formula is C15H10Br2O2. The van der Waals surface area contributed by atoms with Crippen molar-refractivity contribution in [3.8, 4) is 5.75 Å². The molecule has 0 bridgehead atoms. The minimum Gasteiger partial charge on any atom is -0.507 e. The van der Waals surface area contributed by atoms with Crippen LogP contribution in [0.3, 0.4) is 0 Å². The molecule has 0 aliphatic rings. The van der Waals surface area contributed by atoms with E-state index in [-0.39, 0.29) is 11.5 Å². The number of aromatic hydroxyl groups is 1. The molecule has 19 heavy (non-hydrogen) atoms. The number of hydrogen-bond donors (Lipinski definition) is 1. The summed E-state index contributed by atoms with van der Waals surface area (Å²) in [7, 11) is 0. The van der Waals surface area contributed by atoms with E-state index in [1.807, 2.05) is 18.2 Å². The Balaban J connectivity index is 2.29. The van der Waals surface area contributed by atoms with Gasteiger partial charge in [0.2, 0.25) is 0 Å². The van der Waals surface area contributed by atoms with Gasteiger partial charge in [-0.05, 0) is 36.4 Å². The molecular weight excluding hydrogens is 372 g/mol. The number of phenolic OH excluding ortho intramolecular Hbond substituents is 1. The quantitative estimate of drug-likeness (QED) is 0.611. The van der Waals surface area contributed by atoms with Crippen LogP contribution >= 0.6 is 31.9 Å². The van der Waals surface area contributed by atoms with Crippen molar-refractivity contribution in [2.24, 2.45) is 0 Å². The number of phenols is 1. The number of hydrogen-bond acceptors (Lipinski definition) is 2. The first-order valence-corrected chi connectivity index (χ1v) is 7.12. The maximum atomic E-state index is 12.0. The average Bonchev–Trinajstić information content (AvgIpc) is 2.38.